The molecule has 2 aliphatic rings. The predicted molar refractivity (Wildman–Crippen MR) is 148 cm³/mol. The highest BCUT2D eigenvalue weighted by Crippen LogP contribution is 2.39. The lowest BCUT2D eigenvalue weighted by molar-refractivity contribution is 0.122. The van der Waals surface area contributed by atoms with Crippen LogP contribution in [0.25, 0.3) is 22.3 Å². The second kappa shape index (κ2) is 10.7. The van der Waals surface area contributed by atoms with E-state index in [1.807, 2.05) is 38.2 Å². The SMILES string of the molecule is Cc1ccnc(-c2nc3cc(F)cc(F)c3c(Nc3cc(N4CCOCC4)cnc3N3CCOCC3)c2C)c1. The van der Waals surface area contributed by atoms with Crippen molar-refractivity contribution in [1.82, 2.24) is 15.0 Å². The number of ether oxygens (including phenoxy) is 2. The molecule has 0 amide bonds. The molecule has 1 aromatic carbocycles. The number of halogens is 2. The van der Waals surface area contributed by atoms with E-state index >= 15 is 4.39 Å². The summed E-state index contributed by atoms with van der Waals surface area (Å²) in [6.07, 6.45) is 3.58. The Bertz CT molecular complexity index is 1520. The Kier molecular flexibility index (Phi) is 6.97. The first kappa shape index (κ1) is 25.4. The van der Waals surface area contributed by atoms with E-state index in [1.54, 1.807) is 6.20 Å². The number of morpholine rings is 2. The molecule has 1 N–H and O–H groups in total. The number of hydrogen-bond donors (Lipinski definition) is 1. The summed E-state index contributed by atoms with van der Waals surface area (Å²) in [5.41, 5.74) is 5.30. The van der Waals surface area contributed by atoms with Gasteiger partial charge in [-0.25, -0.2) is 18.7 Å². The first-order chi connectivity index (χ1) is 19.0. The number of benzene rings is 1. The largest absolute Gasteiger partial charge is 0.378 e. The average Bonchev–Trinajstić information content (AvgIpc) is 2.95. The van der Waals surface area contributed by atoms with Gasteiger partial charge in [-0.1, -0.05) is 0 Å². The van der Waals surface area contributed by atoms with Crippen LogP contribution in [-0.4, -0.2) is 67.6 Å². The monoisotopic (exact) mass is 532 g/mol. The maximum Gasteiger partial charge on any atom is 0.152 e. The van der Waals surface area contributed by atoms with Crippen LogP contribution < -0.4 is 15.1 Å². The molecule has 2 aliphatic heterocycles. The third-order valence-electron chi connectivity index (χ3n) is 7.20. The van der Waals surface area contributed by atoms with Gasteiger partial charge >= 0.3 is 0 Å². The van der Waals surface area contributed by atoms with Crippen molar-refractivity contribution in [3.63, 3.8) is 0 Å². The molecule has 5 heterocycles. The third kappa shape index (κ3) is 5.09. The Hall–Kier alpha value is -3.89. The van der Waals surface area contributed by atoms with Gasteiger partial charge in [0.1, 0.15) is 11.6 Å². The number of fused-ring (bicyclic) bond motifs is 1. The van der Waals surface area contributed by atoms with E-state index in [-0.39, 0.29) is 10.9 Å². The lowest BCUT2D eigenvalue weighted by atomic mass is 10.0. The number of nitrogens with zero attached hydrogens (tertiary/aromatic N) is 5. The zero-order valence-electron chi connectivity index (χ0n) is 22.0. The Balaban J connectivity index is 1.53. The molecule has 2 saturated heterocycles. The highest BCUT2D eigenvalue weighted by atomic mass is 19.1. The maximum atomic E-state index is 15.4. The van der Waals surface area contributed by atoms with Crippen molar-refractivity contribution in [2.75, 3.05) is 67.7 Å². The van der Waals surface area contributed by atoms with Crippen LogP contribution in [-0.2, 0) is 9.47 Å². The number of hydrogen-bond acceptors (Lipinski definition) is 8. The number of nitrogens with one attached hydrogen (secondary N) is 1. The summed E-state index contributed by atoms with van der Waals surface area (Å²) < 4.78 is 40.9. The summed E-state index contributed by atoms with van der Waals surface area (Å²) in [5, 5.41) is 3.73. The topological polar surface area (TPSA) is 75.6 Å². The van der Waals surface area contributed by atoms with Crippen molar-refractivity contribution in [2.45, 2.75) is 13.8 Å². The molecule has 3 aromatic heterocycles. The van der Waals surface area contributed by atoms with Crippen LogP contribution in [0.15, 0.2) is 42.7 Å². The first-order valence-corrected chi connectivity index (χ1v) is 13.1. The van der Waals surface area contributed by atoms with Crippen LogP contribution in [0.3, 0.4) is 0 Å². The Morgan fingerprint density at radius 3 is 2.31 bits per heavy atom. The molecule has 0 aliphatic carbocycles. The maximum absolute atomic E-state index is 15.4. The molecule has 4 aromatic rings. The summed E-state index contributed by atoms with van der Waals surface area (Å²) in [7, 11) is 0. The van der Waals surface area contributed by atoms with Crippen molar-refractivity contribution in [3.8, 4) is 11.4 Å². The van der Waals surface area contributed by atoms with Crippen LogP contribution >= 0.6 is 0 Å². The fraction of sp³-hybridized carbons (Fsp3) is 0.345. The van der Waals surface area contributed by atoms with Gasteiger partial charge in [0.15, 0.2) is 5.82 Å². The number of anilines is 4. The number of aryl methyl sites for hydroxylation is 1. The molecular formula is C29H30F2N6O2. The van der Waals surface area contributed by atoms with Crippen molar-refractivity contribution in [3.05, 3.63) is 65.5 Å². The normalized spacial score (nSPS) is 16.1. The summed E-state index contributed by atoms with van der Waals surface area (Å²) >= 11 is 0. The minimum atomic E-state index is -0.685. The van der Waals surface area contributed by atoms with E-state index in [9.17, 15) is 4.39 Å². The zero-order chi connectivity index (χ0) is 26.9. The second-order valence-corrected chi connectivity index (χ2v) is 9.85. The summed E-state index contributed by atoms with van der Waals surface area (Å²) in [6.45, 7) is 9.22. The minimum absolute atomic E-state index is 0.212. The highest BCUT2D eigenvalue weighted by Gasteiger charge is 2.23. The lowest BCUT2D eigenvalue weighted by Crippen LogP contribution is -2.38. The average molecular weight is 533 g/mol. The Labute approximate surface area is 225 Å². The molecule has 10 heteroatoms. The number of pyridine rings is 3. The quantitative estimate of drug-likeness (QED) is 0.385. The summed E-state index contributed by atoms with van der Waals surface area (Å²) in [4.78, 5) is 18.4. The molecule has 39 heavy (non-hydrogen) atoms. The van der Waals surface area contributed by atoms with Crippen molar-refractivity contribution in [2.24, 2.45) is 0 Å². The minimum Gasteiger partial charge on any atom is -0.378 e. The van der Waals surface area contributed by atoms with E-state index in [0.29, 0.717) is 62.2 Å². The van der Waals surface area contributed by atoms with E-state index in [1.165, 1.54) is 6.07 Å². The molecular weight excluding hydrogens is 502 g/mol. The van der Waals surface area contributed by atoms with Gasteiger partial charge in [-0.15, -0.1) is 0 Å². The van der Waals surface area contributed by atoms with Crippen LogP contribution in [0.1, 0.15) is 11.1 Å². The highest BCUT2D eigenvalue weighted by molar-refractivity contribution is 5.99. The number of aromatic nitrogens is 3. The standard InChI is InChI=1S/C29H30F2N6O2/c1-18-3-4-32-24(13-18)27-19(2)28(26-22(31)14-20(30)15-23(26)34-27)35-25-16-21(36-5-9-38-10-6-36)17-33-29(25)37-7-11-39-12-8-37/h3-4,13-17H,5-12H2,1-2H3,(H,34,35). The van der Waals surface area contributed by atoms with Crippen LogP contribution in [0.5, 0.6) is 0 Å². The van der Waals surface area contributed by atoms with E-state index in [2.05, 4.69) is 25.1 Å². The third-order valence-corrected chi connectivity index (χ3v) is 7.20. The molecule has 2 fully saturated rings. The van der Waals surface area contributed by atoms with Gasteiger partial charge < -0.3 is 24.6 Å². The summed E-state index contributed by atoms with van der Waals surface area (Å²) in [6, 6.07) is 8.01. The smallest absolute Gasteiger partial charge is 0.152 e. The first-order valence-electron chi connectivity index (χ1n) is 13.1. The molecule has 6 rings (SSSR count). The number of rotatable bonds is 5. The van der Waals surface area contributed by atoms with Crippen molar-refractivity contribution < 1.29 is 18.3 Å². The molecule has 0 saturated carbocycles. The van der Waals surface area contributed by atoms with Crippen LogP contribution in [0.4, 0.5) is 31.7 Å². The van der Waals surface area contributed by atoms with Gasteiger partial charge in [-0.05, 0) is 37.6 Å². The molecule has 0 spiro atoms. The van der Waals surface area contributed by atoms with Gasteiger partial charge in [0.05, 0.1) is 72.0 Å². The van der Waals surface area contributed by atoms with Gasteiger partial charge in [-0.3, -0.25) is 4.98 Å². The van der Waals surface area contributed by atoms with Gasteiger partial charge in [0.25, 0.3) is 0 Å². The fourth-order valence-corrected chi connectivity index (χ4v) is 5.17. The molecule has 202 valence electrons. The van der Waals surface area contributed by atoms with E-state index in [4.69, 9.17) is 14.5 Å². The van der Waals surface area contributed by atoms with Crippen LogP contribution in [0, 0.1) is 25.5 Å². The predicted octanol–water partition coefficient (Wildman–Crippen LogP) is 5.00. The van der Waals surface area contributed by atoms with Gasteiger partial charge in [0, 0.05) is 50.1 Å². The van der Waals surface area contributed by atoms with Crippen LogP contribution in [0.2, 0.25) is 0 Å². The van der Waals surface area contributed by atoms with Gasteiger partial charge in [-0.2, -0.15) is 0 Å². The van der Waals surface area contributed by atoms with Crippen molar-refractivity contribution >= 4 is 33.8 Å². The molecule has 0 bridgehead atoms. The molecule has 0 atom stereocenters. The molecule has 8 nitrogen and oxygen atoms in total. The summed E-state index contributed by atoms with van der Waals surface area (Å²) in [5.74, 6) is -0.620. The lowest BCUT2D eigenvalue weighted by Gasteiger charge is -2.32. The van der Waals surface area contributed by atoms with Gasteiger partial charge in [0.2, 0.25) is 0 Å². The second-order valence-electron chi connectivity index (χ2n) is 9.85. The Morgan fingerprint density at radius 1 is 0.872 bits per heavy atom. The molecule has 0 unspecified atom stereocenters. The zero-order valence-corrected chi connectivity index (χ0v) is 22.0. The van der Waals surface area contributed by atoms with Crippen molar-refractivity contribution in [1.29, 1.82) is 0 Å². The van der Waals surface area contributed by atoms with E-state index in [0.717, 1.165) is 41.9 Å². The Morgan fingerprint density at radius 2 is 1.59 bits per heavy atom. The van der Waals surface area contributed by atoms with E-state index < -0.39 is 11.6 Å². The fourth-order valence-electron chi connectivity index (χ4n) is 5.17. The molecule has 0 radical (unpaired) electrons.